The van der Waals surface area contributed by atoms with Gasteiger partial charge in [0.1, 0.15) is 5.82 Å². The second-order valence-corrected chi connectivity index (χ2v) is 6.28. The minimum Gasteiger partial charge on any atom is -0.313 e. The molecule has 6 heteroatoms. The molecule has 0 aliphatic carbocycles. The normalized spacial score (nSPS) is 25.0. The van der Waals surface area contributed by atoms with E-state index in [9.17, 15) is 12.8 Å². The molecule has 2 N–H and O–H groups in total. The first-order valence-corrected chi connectivity index (χ1v) is 7.48. The lowest BCUT2D eigenvalue weighted by Crippen LogP contribution is -2.51. The maximum atomic E-state index is 13.0. The van der Waals surface area contributed by atoms with Crippen LogP contribution in [0.5, 0.6) is 0 Å². The zero-order chi connectivity index (χ0) is 13.2. The van der Waals surface area contributed by atoms with Crippen molar-refractivity contribution in [2.75, 3.05) is 6.54 Å². The summed E-state index contributed by atoms with van der Waals surface area (Å²) in [5.74, 6) is -0.548. The minimum absolute atomic E-state index is 0.0275. The highest BCUT2D eigenvalue weighted by molar-refractivity contribution is 7.89. The molecule has 2 atom stereocenters. The molecule has 100 valence electrons. The average molecular weight is 272 g/mol. The fourth-order valence-corrected chi connectivity index (χ4v) is 3.49. The van der Waals surface area contributed by atoms with Crippen molar-refractivity contribution in [3.8, 4) is 0 Å². The molecule has 1 aromatic carbocycles. The van der Waals surface area contributed by atoms with Gasteiger partial charge in [-0.2, -0.15) is 0 Å². The molecule has 1 heterocycles. The van der Waals surface area contributed by atoms with Crippen LogP contribution >= 0.6 is 0 Å². The van der Waals surface area contributed by atoms with E-state index in [0.29, 0.717) is 0 Å². The lowest BCUT2D eigenvalue weighted by molar-refractivity contribution is 0.348. The number of hydrogen-bond donors (Lipinski definition) is 2. The van der Waals surface area contributed by atoms with Crippen LogP contribution in [0.3, 0.4) is 0 Å². The molecular formula is C12H17FN2O2S. The molecule has 4 nitrogen and oxygen atoms in total. The predicted molar refractivity (Wildman–Crippen MR) is 67.2 cm³/mol. The molecule has 1 saturated heterocycles. The van der Waals surface area contributed by atoms with Crippen LogP contribution in [0.1, 0.15) is 19.8 Å². The molecule has 1 fully saturated rings. The highest BCUT2D eigenvalue weighted by atomic mass is 32.2. The number of piperidine rings is 1. The van der Waals surface area contributed by atoms with E-state index < -0.39 is 15.8 Å². The summed E-state index contributed by atoms with van der Waals surface area (Å²) in [5, 5.41) is 3.22. The third-order valence-electron chi connectivity index (χ3n) is 3.17. The zero-order valence-electron chi connectivity index (χ0n) is 10.2. The molecule has 2 unspecified atom stereocenters. The summed E-state index contributed by atoms with van der Waals surface area (Å²) < 4.78 is 39.9. The molecule has 0 aromatic heterocycles. The van der Waals surface area contributed by atoms with E-state index in [-0.39, 0.29) is 17.0 Å². The van der Waals surface area contributed by atoms with E-state index in [1.165, 1.54) is 18.2 Å². The Labute approximate surface area is 107 Å². The molecule has 0 spiro atoms. The predicted octanol–water partition coefficient (Wildman–Crippen LogP) is 1.24. The number of benzene rings is 1. The largest absolute Gasteiger partial charge is 0.313 e. The molecule has 0 radical (unpaired) electrons. The fraction of sp³-hybridized carbons (Fsp3) is 0.500. The third-order valence-corrected chi connectivity index (χ3v) is 4.66. The molecular weight excluding hydrogens is 255 g/mol. The maximum absolute atomic E-state index is 13.0. The zero-order valence-corrected chi connectivity index (χ0v) is 11.0. The van der Waals surface area contributed by atoms with E-state index in [1.807, 2.05) is 6.92 Å². The molecule has 0 bridgehead atoms. The number of rotatable bonds is 3. The van der Waals surface area contributed by atoms with Gasteiger partial charge >= 0.3 is 0 Å². The summed E-state index contributed by atoms with van der Waals surface area (Å²) >= 11 is 0. The summed E-state index contributed by atoms with van der Waals surface area (Å²) in [4.78, 5) is -0.0275. The SMILES string of the molecule is CC1NCCCC1NS(=O)(=O)c1cccc(F)c1. The van der Waals surface area contributed by atoms with Gasteiger partial charge in [0, 0.05) is 12.1 Å². The van der Waals surface area contributed by atoms with Gasteiger partial charge in [0.05, 0.1) is 4.90 Å². The summed E-state index contributed by atoms with van der Waals surface area (Å²) in [5.41, 5.74) is 0. The van der Waals surface area contributed by atoms with Gasteiger partial charge in [-0.3, -0.25) is 0 Å². The first-order valence-electron chi connectivity index (χ1n) is 6.00. The highest BCUT2D eigenvalue weighted by Crippen LogP contribution is 2.15. The summed E-state index contributed by atoms with van der Waals surface area (Å²) in [7, 11) is -3.65. The Kier molecular flexibility index (Phi) is 3.99. The Morgan fingerprint density at radius 3 is 2.89 bits per heavy atom. The maximum Gasteiger partial charge on any atom is 0.240 e. The number of sulfonamides is 1. The van der Waals surface area contributed by atoms with Gasteiger partial charge in [-0.15, -0.1) is 0 Å². The van der Waals surface area contributed by atoms with E-state index in [4.69, 9.17) is 0 Å². The van der Waals surface area contributed by atoms with Gasteiger partial charge in [0.25, 0.3) is 0 Å². The van der Waals surface area contributed by atoms with Gasteiger partial charge in [0.2, 0.25) is 10.0 Å². The van der Waals surface area contributed by atoms with Crippen LogP contribution in [0, 0.1) is 5.82 Å². The lowest BCUT2D eigenvalue weighted by Gasteiger charge is -2.30. The van der Waals surface area contributed by atoms with Gasteiger partial charge in [-0.25, -0.2) is 17.5 Å². The highest BCUT2D eigenvalue weighted by Gasteiger charge is 2.26. The van der Waals surface area contributed by atoms with Crippen molar-refractivity contribution in [1.82, 2.24) is 10.0 Å². The second-order valence-electron chi connectivity index (χ2n) is 4.57. The van der Waals surface area contributed by atoms with E-state index in [0.717, 1.165) is 25.5 Å². The Bertz CT molecular complexity index is 519. The van der Waals surface area contributed by atoms with Gasteiger partial charge in [0.15, 0.2) is 0 Å². The average Bonchev–Trinajstić information content (AvgIpc) is 2.32. The van der Waals surface area contributed by atoms with Crippen molar-refractivity contribution in [1.29, 1.82) is 0 Å². The Hall–Kier alpha value is -0.980. The first kappa shape index (κ1) is 13.5. The number of halogens is 1. The molecule has 0 amide bonds. The Morgan fingerprint density at radius 2 is 2.22 bits per heavy atom. The van der Waals surface area contributed by atoms with Crippen molar-refractivity contribution in [2.24, 2.45) is 0 Å². The third kappa shape index (κ3) is 3.07. The van der Waals surface area contributed by atoms with Crippen LogP contribution in [0.4, 0.5) is 4.39 Å². The quantitative estimate of drug-likeness (QED) is 0.870. The van der Waals surface area contributed by atoms with Crippen molar-refractivity contribution >= 4 is 10.0 Å². The van der Waals surface area contributed by atoms with Crippen molar-refractivity contribution < 1.29 is 12.8 Å². The van der Waals surface area contributed by atoms with Gasteiger partial charge < -0.3 is 5.32 Å². The van der Waals surface area contributed by atoms with Crippen molar-refractivity contribution in [3.63, 3.8) is 0 Å². The van der Waals surface area contributed by atoms with Crippen LogP contribution < -0.4 is 10.0 Å². The number of nitrogens with one attached hydrogen (secondary N) is 2. The molecule has 2 rings (SSSR count). The van der Waals surface area contributed by atoms with Gasteiger partial charge in [-0.1, -0.05) is 6.07 Å². The minimum atomic E-state index is -3.65. The summed E-state index contributed by atoms with van der Waals surface area (Å²) in [6.45, 7) is 2.84. The van der Waals surface area contributed by atoms with Crippen LogP contribution in [-0.2, 0) is 10.0 Å². The second kappa shape index (κ2) is 5.34. The Balaban J connectivity index is 2.16. The van der Waals surface area contributed by atoms with Gasteiger partial charge in [-0.05, 0) is 44.5 Å². The topological polar surface area (TPSA) is 58.2 Å². The molecule has 18 heavy (non-hydrogen) atoms. The van der Waals surface area contributed by atoms with E-state index in [1.54, 1.807) is 0 Å². The van der Waals surface area contributed by atoms with E-state index in [2.05, 4.69) is 10.0 Å². The van der Waals surface area contributed by atoms with E-state index >= 15 is 0 Å². The molecule has 1 aromatic rings. The standard InChI is InChI=1S/C12H17FN2O2S/c1-9-12(6-3-7-14-9)15-18(16,17)11-5-2-4-10(13)8-11/h2,4-5,8-9,12,14-15H,3,6-7H2,1H3. The monoisotopic (exact) mass is 272 g/mol. The lowest BCUT2D eigenvalue weighted by atomic mass is 10.0. The molecule has 1 aliphatic rings. The smallest absolute Gasteiger partial charge is 0.240 e. The van der Waals surface area contributed by atoms with Crippen LogP contribution in [-0.4, -0.2) is 27.0 Å². The molecule has 1 aliphatic heterocycles. The Morgan fingerprint density at radius 1 is 1.44 bits per heavy atom. The van der Waals surface area contributed by atoms with Crippen LogP contribution in [0.2, 0.25) is 0 Å². The fourth-order valence-electron chi connectivity index (χ4n) is 2.11. The first-order chi connectivity index (χ1) is 8.49. The van der Waals surface area contributed by atoms with Crippen LogP contribution in [0.15, 0.2) is 29.2 Å². The van der Waals surface area contributed by atoms with Crippen LogP contribution in [0.25, 0.3) is 0 Å². The van der Waals surface area contributed by atoms with Crippen molar-refractivity contribution in [2.45, 2.75) is 36.7 Å². The molecule has 0 saturated carbocycles. The summed E-state index contributed by atoms with van der Waals surface area (Å²) in [6.07, 6.45) is 1.73. The number of hydrogen-bond acceptors (Lipinski definition) is 3. The van der Waals surface area contributed by atoms with Crippen molar-refractivity contribution in [3.05, 3.63) is 30.1 Å². The summed E-state index contributed by atoms with van der Waals surface area (Å²) in [6, 6.07) is 4.99.